The zero-order valence-corrected chi connectivity index (χ0v) is 12.2. The van der Waals surface area contributed by atoms with Crippen LogP contribution in [0.3, 0.4) is 0 Å². The van der Waals surface area contributed by atoms with Gasteiger partial charge in [0.05, 0.1) is 6.54 Å². The molecule has 0 aromatic heterocycles. The van der Waals surface area contributed by atoms with Gasteiger partial charge in [-0.1, -0.05) is 24.4 Å². The molecule has 0 heterocycles. The monoisotopic (exact) mass is 288 g/mol. The minimum atomic E-state index is -3.47. The quantitative estimate of drug-likeness (QED) is 0.450. The fraction of sp³-hybridized carbons (Fsp3) is 1.00. The van der Waals surface area contributed by atoms with Crippen molar-refractivity contribution in [1.29, 1.82) is 0 Å². The molecule has 0 amide bonds. The van der Waals surface area contributed by atoms with Crippen molar-refractivity contribution in [2.75, 3.05) is 40.8 Å². The lowest BCUT2D eigenvalue weighted by Crippen LogP contribution is -2.39. The van der Waals surface area contributed by atoms with Gasteiger partial charge in [0.1, 0.15) is 0 Å². The summed E-state index contributed by atoms with van der Waals surface area (Å²) >= 11 is 4.80. The number of alkyl halides is 4. The fourth-order valence-corrected chi connectivity index (χ4v) is 1.74. The number of halogens is 4. The van der Waals surface area contributed by atoms with Gasteiger partial charge in [-0.2, -0.15) is 0 Å². The van der Waals surface area contributed by atoms with E-state index in [4.69, 9.17) is 11.6 Å². The van der Waals surface area contributed by atoms with Gasteiger partial charge in [-0.25, -0.2) is 13.2 Å². The van der Waals surface area contributed by atoms with E-state index in [1.807, 2.05) is 14.1 Å². The average Bonchev–Trinajstić information content (AvgIpc) is 2.21. The highest BCUT2D eigenvalue weighted by atomic mass is 35.5. The van der Waals surface area contributed by atoms with Gasteiger partial charge in [0.25, 0.3) is 0 Å². The molecule has 0 bridgehead atoms. The molecule has 0 spiro atoms. The Morgan fingerprint density at radius 3 is 1.94 bits per heavy atom. The molecule has 0 aromatic rings. The molecule has 6 heteroatoms. The Kier molecular flexibility index (Phi) is 8.99. The van der Waals surface area contributed by atoms with Gasteiger partial charge in [-0.3, -0.25) is 0 Å². The topological polar surface area (TPSA) is 6.48 Å². The molecule has 1 atom stereocenters. The summed E-state index contributed by atoms with van der Waals surface area (Å²) in [7, 11) is 5.61. The van der Waals surface area contributed by atoms with Crippen molar-refractivity contribution in [3.8, 4) is 0 Å². The maximum atomic E-state index is 13.0. The van der Waals surface area contributed by atoms with Crippen molar-refractivity contribution in [2.24, 2.45) is 0 Å². The van der Waals surface area contributed by atoms with Crippen molar-refractivity contribution in [1.82, 2.24) is 9.80 Å². The van der Waals surface area contributed by atoms with Crippen molar-refractivity contribution >= 4 is 11.6 Å². The lowest BCUT2D eigenvalue weighted by Gasteiger charge is -2.23. The fourth-order valence-electron chi connectivity index (χ4n) is 1.67. The Balaban J connectivity index is 3.57. The third-order valence-corrected chi connectivity index (χ3v) is 3.01. The van der Waals surface area contributed by atoms with Gasteiger partial charge in [-0.15, -0.1) is 0 Å². The zero-order chi connectivity index (χ0) is 14.2. The summed E-state index contributed by atoms with van der Waals surface area (Å²) in [5.41, 5.74) is -2.61. The number of unbranched alkanes of at least 4 members (excludes halogenated alkanes) is 3. The maximum absolute atomic E-state index is 13.0. The Morgan fingerprint density at radius 1 is 1.00 bits per heavy atom. The smallest absolute Gasteiger partial charge is 0.304 e. The third-order valence-electron chi connectivity index (χ3n) is 2.70. The second kappa shape index (κ2) is 8.99. The number of hydrogen-bond donors (Lipinski definition) is 0. The molecule has 0 aliphatic heterocycles. The molecular weight excluding hydrogens is 265 g/mol. The van der Waals surface area contributed by atoms with Crippen LogP contribution in [0.5, 0.6) is 0 Å². The summed E-state index contributed by atoms with van der Waals surface area (Å²) in [6, 6.07) is 0. The van der Waals surface area contributed by atoms with Gasteiger partial charge in [-0.05, 0) is 47.1 Å². The van der Waals surface area contributed by atoms with Crippen LogP contribution in [0.25, 0.3) is 0 Å². The van der Waals surface area contributed by atoms with Crippen LogP contribution in [0.15, 0.2) is 0 Å². The molecule has 0 N–H and O–H groups in total. The maximum Gasteiger partial charge on any atom is 0.304 e. The molecule has 2 nitrogen and oxygen atoms in total. The van der Waals surface area contributed by atoms with E-state index in [1.54, 1.807) is 7.05 Å². The van der Waals surface area contributed by atoms with E-state index in [9.17, 15) is 13.2 Å². The summed E-state index contributed by atoms with van der Waals surface area (Å²) < 4.78 is 38.3. The third kappa shape index (κ3) is 9.00. The molecule has 18 heavy (non-hydrogen) atoms. The molecule has 110 valence electrons. The predicted octanol–water partition coefficient (Wildman–Crippen LogP) is 3.21. The molecule has 0 fully saturated rings. The Bertz CT molecular complexity index is 213. The summed E-state index contributed by atoms with van der Waals surface area (Å²) in [4.78, 5) is 3.55. The van der Waals surface area contributed by atoms with Crippen LogP contribution in [0.4, 0.5) is 13.2 Å². The summed E-state index contributed by atoms with van der Waals surface area (Å²) in [6.45, 7) is 0.959. The lowest BCUT2D eigenvalue weighted by molar-refractivity contribution is -0.0614. The van der Waals surface area contributed by atoms with Gasteiger partial charge in [0.15, 0.2) is 0 Å². The van der Waals surface area contributed by atoms with Crippen LogP contribution in [0.1, 0.15) is 25.7 Å². The highest BCUT2D eigenvalue weighted by Gasteiger charge is 2.39. The molecule has 1 unspecified atom stereocenters. The van der Waals surface area contributed by atoms with E-state index in [1.165, 1.54) is 4.90 Å². The number of nitrogens with zero attached hydrogens (tertiary/aromatic N) is 2. The molecular formula is C12H24ClF3N2. The lowest BCUT2D eigenvalue weighted by atomic mass is 10.2. The molecule has 0 aromatic carbocycles. The Hall–Kier alpha value is -0.0000000000000000555. The first-order chi connectivity index (χ1) is 8.25. The van der Waals surface area contributed by atoms with Gasteiger partial charge < -0.3 is 9.80 Å². The highest BCUT2D eigenvalue weighted by Crippen LogP contribution is 2.25. The zero-order valence-electron chi connectivity index (χ0n) is 11.4. The molecule has 0 aliphatic rings. The van der Waals surface area contributed by atoms with Crippen LogP contribution >= 0.6 is 11.6 Å². The molecule has 0 aliphatic carbocycles. The number of hydrogen-bond acceptors (Lipinski definition) is 2. The van der Waals surface area contributed by atoms with E-state index >= 15 is 0 Å². The average molecular weight is 289 g/mol. The Labute approximate surface area is 113 Å². The van der Waals surface area contributed by atoms with E-state index < -0.39 is 18.1 Å². The minimum absolute atomic E-state index is 0.543. The standard InChI is InChI=1S/C12H24ClF3N2/c1-17(2)8-6-4-5-7-9-18(3)10-12(15,16)11(13)14/h11H,4-10H2,1-3H3. The van der Waals surface area contributed by atoms with E-state index in [2.05, 4.69) is 4.90 Å². The summed E-state index contributed by atoms with van der Waals surface area (Å²) in [6.07, 6.45) is 4.05. The SMILES string of the molecule is CN(C)CCCCCCN(C)CC(F)(F)C(F)Cl. The van der Waals surface area contributed by atoms with E-state index in [-0.39, 0.29) is 0 Å². The van der Waals surface area contributed by atoms with Crippen LogP contribution in [0, 0.1) is 0 Å². The van der Waals surface area contributed by atoms with Crippen molar-refractivity contribution in [3.63, 3.8) is 0 Å². The molecule has 0 radical (unpaired) electrons. The Morgan fingerprint density at radius 2 is 1.50 bits per heavy atom. The number of rotatable bonds is 10. The second-order valence-electron chi connectivity index (χ2n) is 5.02. The second-order valence-corrected chi connectivity index (χ2v) is 5.40. The van der Waals surface area contributed by atoms with Crippen LogP contribution in [-0.4, -0.2) is 62.1 Å². The first-order valence-electron chi connectivity index (χ1n) is 6.25. The van der Waals surface area contributed by atoms with Crippen LogP contribution in [-0.2, 0) is 0 Å². The predicted molar refractivity (Wildman–Crippen MR) is 70.2 cm³/mol. The van der Waals surface area contributed by atoms with Gasteiger partial charge in [0, 0.05) is 0 Å². The summed E-state index contributed by atoms with van der Waals surface area (Å²) in [5, 5.41) is 0. The van der Waals surface area contributed by atoms with E-state index in [0.717, 1.165) is 32.2 Å². The first-order valence-corrected chi connectivity index (χ1v) is 6.68. The molecule has 0 saturated heterocycles. The largest absolute Gasteiger partial charge is 0.309 e. The van der Waals surface area contributed by atoms with Crippen molar-refractivity contribution < 1.29 is 13.2 Å². The van der Waals surface area contributed by atoms with E-state index in [0.29, 0.717) is 6.54 Å². The minimum Gasteiger partial charge on any atom is -0.309 e. The van der Waals surface area contributed by atoms with Crippen molar-refractivity contribution in [2.45, 2.75) is 37.2 Å². The summed E-state index contributed by atoms with van der Waals surface area (Å²) in [5.74, 6) is -3.47. The normalized spacial score (nSPS) is 14.5. The molecule has 0 saturated carbocycles. The first kappa shape index (κ1) is 18.0. The van der Waals surface area contributed by atoms with Crippen LogP contribution < -0.4 is 0 Å². The highest BCUT2D eigenvalue weighted by molar-refractivity contribution is 6.20. The van der Waals surface area contributed by atoms with Crippen LogP contribution in [0.2, 0.25) is 0 Å². The van der Waals surface area contributed by atoms with Crippen molar-refractivity contribution in [3.05, 3.63) is 0 Å². The molecule has 0 rings (SSSR count). The van der Waals surface area contributed by atoms with Gasteiger partial charge >= 0.3 is 5.92 Å². The van der Waals surface area contributed by atoms with Gasteiger partial charge in [0.2, 0.25) is 5.63 Å².